The lowest BCUT2D eigenvalue weighted by Crippen LogP contribution is -2.39. The van der Waals surface area contributed by atoms with Crippen LogP contribution in [0.1, 0.15) is 48.7 Å². The number of carbonyl (C=O) groups is 1. The summed E-state index contributed by atoms with van der Waals surface area (Å²) in [6.07, 6.45) is 6.52. The average molecular weight is 342 g/mol. The molecule has 3 heterocycles. The molecule has 25 heavy (non-hydrogen) atoms. The summed E-state index contributed by atoms with van der Waals surface area (Å²) in [5, 5.41) is 7.01. The molecule has 1 saturated heterocycles. The van der Waals surface area contributed by atoms with Gasteiger partial charge in [-0.2, -0.15) is 0 Å². The van der Waals surface area contributed by atoms with E-state index >= 15 is 0 Å². The van der Waals surface area contributed by atoms with Crippen molar-refractivity contribution < 1.29 is 9.32 Å². The number of carbonyl (C=O) groups excluding carboxylic acids is 1. The Morgan fingerprint density at radius 1 is 1.40 bits per heavy atom. The van der Waals surface area contributed by atoms with Crippen molar-refractivity contribution in [2.75, 3.05) is 19.6 Å². The van der Waals surface area contributed by atoms with E-state index in [0.29, 0.717) is 35.3 Å². The Balaban J connectivity index is 1.56. The topological polar surface area (TPSA) is 71.3 Å². The maximum Gasteiger partial charge on any atom is 0.257 e. The molecule has 1 N–H and O–H groups in total. The van der Waals surface area contributed by atoms with E-state index in [2.05, 4.69) is 27.3 Å². The van der Waals surface area contributed by atoms with E-state index in [1.807, 2.05) is 18.2 Å². The maximum absolute atomic E-state index is 12.6. The highest BCUT2D eigenvalue weighted by atomic mass is 16.5. The van der Waals surface area contributed by atoms with Crippen LogP contribution in [0.2, 0.25) is 0 Å². The fraction of sp³-hybridized carbons (Fsp3) is 0.526. The van der Waals surface area contributed by atoms with Crippen LogP contribution in [0.3, 0.4) is 0 Å². The van der Waals surface area contributed by atoms with Gasteiger partial charge in [-0.1, -0.05) is 17.6 Å². The van der Waals surface area contributed by atoms with E-state index in [0.717, 1.165) is 13.0 Å². The normalized spacial score (nSPS) is 18.2. The highest BCUT2D eigenvalue weighted by Gasteiger charge is 2.22. The summed E-state index contributed by atoms with van der Waals surface area (Å²) in [6, 6.07) is 6.18. The zero-order valence-corrected chi connectivity index (χ0v) is 15.0. The van der Waals surface area contributed by atoms with Crippen molar-refractivity contribution in [3.05, 3.63) is 35.7 Å². The van der Waals surface area contributed by atoms with Crippen LogP contribution in [0.5, 0.6) is 0 Å². The van der Waals surface area contributed by atoms with Gasteiger partial charge in [-0.15, -0.1) is 0 Å². The molecule has 0 aliphatic carbocycles. The second-order valence-corrected chi connectivity index (χ2v) is 6.67. The molecule has 1 aliphatic rings. The second-order valence-electron chi connectivity index (χ2n) is 6.67. The van der Waals surface area contributed by atoms with Crippen LogP contribution in [0.25, 0.3) is 11.4 Å². The van der Waals surface area contributed by atoms with Gasteiger partial charge in [-0.3, -0.25) is 9.78 Å². The molecule has 2 aromatic heterocycles. The summed E-state index contributed by atoms with van der Waals surface area (Å²) >= 11 is 0. The van der Waals surface area contributed by atoms with Crippen LogP contribution in [0, 0.1) is 6.92 Å². The zero-order chi connectivity index (χ0) is 17.6. The van der Waals surface area contributed by atoms with Crippen LogP contribution >= 0.6 is 0 Å². The van der Waals surface area contributed by atoms with Crippen molar-refractivity contribution >= 4 is 5.91 Å². The van der Waals surface area contributed by atoms with Crippen molar-refractivity contribution in [3.63, 3.8) is 0 Å². The molecule has 134 valence electrons. The molecule has 1 fully saturated rings. The minimum Gasteiger partial charge on any atom is -0.360 e. The number of rotatable bonds is 6. The van der Waals surface area contributed by atoms with E-state index in [1.165, 1.54) is 25.8 Å². The number of nitrogens with zero attached hydrogens (tertiary/aromatic N) is 3. The number of nitrogens with one attached hydrogen (secondary N) is 1. The Morgan fingerprint density at radius 2 is 2.28 bits per heavy atom. The average Bonchev–Trinajstić information content (AvgIpc) is 3.02. The predicted octanol–water partition coefficient (Wildman–Crippen LogP) is 3.04. The van der Waals surface area contributed by atoms with Gasteiger partial charge in [0.05, 0.1) is 5.69 Å². The Hall–Kier alpha value is -2.21. The lowest BCUT2D eigenvalue weighted by atomic mass is 10.0. The smallest absolute Gasteiger partial charge is 0.257 e. The molecule has 6 nitrogen and oxygen atoms in total. The lowest BCUT2D eigenvalue weighted by Gasteiger charge is -2.33. The number of aromatic nitrogens is 2. The summed E-state index contributed by atoms with van der Waals surface area (Å²) < 4.78 is 5.23. The first-order chi connectivity index (χ1) is 12.2. The molecule has 2 aromatic rings. The van der Waals surface area contributed by atoms with E-state index in [1.54, 1.807) is 13.1 Å². The molecule has 0 radical (unpaired) electrons. The van der Waals surface area contributed by atoms with Crippen LogP contribution < -0.4 is 5.32 Å². The first-order valence-corrected chi connectivity index (χ1v) is 9.06. The van der Waals surface area contributed by atoms with E-state index in [4.69, 9.17) is 4.52 Å². The largest absolute Gasteiger partial charge is 0.360 e. The van der Waals surface area contributed by atoms with Gasteiger partial charge in [0, 0.05) is 25.3 Å². The number of pyridine rings is 1. The summed E-state index contributed by atoms with van der Waals surface area (Å²) in [7, 11) is 0. The van der Waals surface area contributed by atoms with Crippen LogP contribution in [0.4, 0.5) is 0 Å². The minimum atomic E-state index is -0.147. The fourth-order valence-electron chi connectivity index (χ4n) is 3.38. The monoisotopic (exact) mass is 342 g/mol. The summed E-state index contributed by atoms with van der Waals surface area (Å²) in [4.78, 5) is 19.4. The summed E-state index contributed by atoms with van der Waals surface area (Å²) in [5.41, 5.74) is 1.62. The third-order valence-electron chi connectivity index (χ3n) is 4.85. The van der Waals surface area contributed by atoms with Gasteiger partial charge < -0.3 is 14.7 Å². The quantitative estimate of drug-likeness (QED) is 0.817. The highest BCUT2D eigenvalue weighted by Crippen LogP contribution is 2.23. The van der Waals surface area contributed by atoms with Gasteiger partial charge in [0.1, 0.15) is 17.0 Å². The molecule has 3 rings (SSSR count). The van der Waals surface area contributed by atoms with Crippen molar-refractivity contribution in [2.24, 2.45) is 0 Å². The first-order valence-electron chi connectivity index (χ1n) is 9.06. The van der Waals surface area contributed by atoms with Gasteiger partial charge in [0.15, 0.2) is 0 Å². The third-order valence-corrected chi connectivity index (χ3v) is 4.85. The Morgan fingerprint density at radius 3 is 3.04 bits per heavy atom. The molecule has 0 saturated carbocycles. The molecule has 0 spiro atoms. The van der Waals surface area contributed by atoms with E-state index in [9.17, 15) is 4.79 Å². The molecule has 0 bridgehead atoms. The Labute approximate surface area is 148 Å². The number of likely N-dealkylation sites (tertiary alicyclic amines) is 1. The van der Waals surface area contributed by atoms with Gasteiger partial charge in [-0.25, -0.2) is 0 Å². The summed E-state index contributed by atoms with van der Waals surface area (Å²) in [6.45, 7) is 6.89. The predicted molar refractivity (Wildman–Crippen MR) is 96.3 cm³/mol. The van der Waals surface area contributed by atoms with E-state index in [-0.39, 0.29) is 5.91 Å². The highest BCUT2D eigenvalue weighted by molar-refractivity contribution is 6.00. The molecular formula is C19H26N4O2. The molecule has 6 heteroatoms. The van der Waals surface area contributed by atoms with Gasteiger partial charge in [-0.05, 0) is 51.8 Å². The number of hydrogen-bond acceptors (Lipinski definition) is 5. The number of aryl methyl sites for hydroxylation is 1. The third kappa shape index (κ3) is 4.25. The number of amides is 1. The molecular weight excluding hydrogens is 316 g/mol. The fourth-order valence-corrected chi connectivity index (χ4v) is 3.38. The molecule has 0 unspecified atom stereocenters. The number of piperidine rings is 1. The Kier molecular flexibility index (Phi) is 5.81. The zero-order valence-electron chi connectivity index (χ0n) is 15.0. The standard InChI is InChI=1S/C19H26N4O2/c1-14-8-4-6-12-23(14)13-7-11-21-19(24)17-15(2)25-22-18(17)16-9-3-5-10-20-16/h3,5,9-10,14H,4,6-8,11-13H2,1-2H3,(H,21,24)/t14-/m0/s1. The van der Waals surface area contributed by atoms with Crippen LogP contribution in [-0.2, 0) is 0 Å². The molecule has 1 atom stereocenters. The number of hydrogen-bond donors (Lipinski definition) is 1. The maximum atomic E-state index is 12.6. The Bertz CT molecular complexity index is 699. The molecule has 0 aromatic carbocycles. The summed E-state index contributed by atoms with van der Waals surface area (Å²) in [5.74, 6) is 0.369. The van der Waals surface area contributed by atoms with Crippen molar-refractivity contribution in [3.8, 4) is 11.4 Å². The van der Waals surface area contributed by atoms with Crippen molar-refractivity contribution in [1.29, 1.82) is 0 Å². The SMILES string of the molecule is Cc1onc(-c2ccccn2)c1C(=O)NCCCN1CCCC[C@@H]1C. The van der Waals surface area contributed by atoms with Gasteiger partial charge in [0.2, 0.25) is 0 Å². The minimum absolute atomic E-state index is 0.147. The van der Waals surface area contributed by atoms with Crippen LogP contribution in [-0.4, -0.2) is 46.6 Å². The van der Waals surface area contributed by atoms with Crippen molar-refractivity contribution in [1.82, 2.24) is 20.4 Å². The van der Waals surface area contributed by atoms with E-state index < -0.39 is 0 Å². The van der Waals surface area contributed by atoms with Gasteiger partial charge >= 0.3 is 0 Å². The first kappa shape index (κ1) is 17.6. The second kappa shape index (κ2) is 8.25. The van der Waals surface area contributed by atoms with Crippen LogP contribution in [0.15, 0.2) is 28.9 Å². The molecule has 1 amide bonds. The molecule has 1 aliphatic heterocycles. The van der Waals surface area contributed by atoms with Crippen molar-refractivity contribution in [2.45, 2.75) is 45.6 Å². The lowest BCUT2D eigenvalue weighted by molar-refractivity contribution is 0.0948. The van der Waals surface area contributed by atoms with Gasteiger partial charge in [0.25, 0.3) is 5.91 Å².